The number of rotatable bonds is 7. The standard InChI is InChI=1S/C12H23NO2/c1-2-3-4-5-10-6-7-12(10,9-13)8-11(14)15/h10H,2-9,13H2,1H3,(H,14,15)/t10?,12-/m0/s1. The van der Waals surface area contributed by atoms with E-state index in [2.05, 4.69) is 6.92 Å². The summed E-state index contributed by atoms with van der Waals surface area (Å²) in [6.07, 6.45) is 7.31. The molecule has 0 aromatic carbocycles. The Morgan fingerprint density at radius 3 is 2.67 bits per heavy atom. The molecule has 15 heavy (non-hydrogen) atoms. The summed E-state index contributed by atoms with van der Waals surface area (Å²) in [5, 5.41) is 8.88. The first-order valence-corrected chi connectivity index (χ1v) is 6.06. The molecule has 0 aliphatic heterocycles. The Kier molecular flexibility index (Phi) is 4.58. The van der Waals surface area contributed by atoms with Crippen LogP contribution in [0.25, 0.3) is 0 Å². The Hall–Kier alpha value is -0.570. The van der Waals surface area contributed by atoms with Crippen molar-refractivity contribution in [1.82, 2.24) is 0 Å². The van der Waals surface area contributed by atoms with Crippen LogP contribution in [0.2, 0.25) is 0 Å². The summed E-state index contributed by atoms with van der Waals surface area (Å²) >= 11 is 0. The lowest BCUT2D eigenvalue weighted by molar-refractivity contribution is -0.143. The predicted molar refractivity (Wildman–Crippen MR) is 60.6 cm³/mol. The molecule has 0 radical (unpaired) electrons. The third-order valence-electron chi connectivity index (χ3n) is 3.92. The van der Waals surface area contributed by atoms with Gasteiger partial charge in [0.25, 0.3) is 0 Å². The predicted octanol–water partition coefficient (Wildman–Crippen LogP) is 2.40. The van der Waals surface area contributed by atoms with Crippen molar-refractivity contribution in [3.8, 4) is 0 Å². The van der Waals surface area contributed by atoms with Gasteiger partial charge in [-0.15, -0.1) is 0 Å². The molecule has 1 rings (SSSR count). The van der Waals surface area contributed by atoms with E-state index in [1.165, 1.54) is 32.1 Å². The van der Waals surface area contributed by atoms with Gasteiger partial charge in [0.05, 0.1) is 6.42 Å². The van der Waals surface area contributed by atoms with Crippen LogP contribution in [0.15, 0.2) is 0 Å². The molecule has 0 aromatic heterocycles. The van der Waals surface area contributed by atoms with Crippen molar-refractivity contribution < 1.29 is 9.90 Å². The van der Waals surface area contributed by atoms with E-state index in [-0.39, 0.29) is 11.8 Å². The molecule has 88 valence electrons. The van der Waals surface area contributed by atoms with E-state index in [4.69, 9.17) is 10.8 Å². The lowest BCUT2D eigenvalue weighted by atomic mass is 9.57. The molecule has 0 bridgehead atoms. The quantitative estimate of drug-likeness (QED) is 0.638. The minimum Gasteiger partial charge on any atom is -0.481 e. The van der Waals surface area contributed by atoms with Crippen molar-refractivity contribution in [2.24, 2.45) is 17.1 Å². The molecule has 1 aliphatic rings. The summed E-state index contributed by atoms with van der Waals surface area (Å²) in [4.78, 5) is 10.8. The van der Waals surface area contributed by atoms with Crippen LogP contribution in [0.3, 0.4) is 0 Å². The Balaban J connectivity index is 2.40. The fourth-order valence-corrected chi connectivity index (χ4v) is 2.72. The maximum atomic E-state index is 10.8. The van der Waals surface area contributed by atoms with Gasteiger partial charge < -0.3 is 10.8 Å². The molecule has 1 unspecified atom stereocenters. The van der Waals surface area contributed by atoms with Gasteiger partial charge in [-0.25, -0.2) is 0 Å². The molecule has 1 aliphatic carbocycles. The molecule has 1 saturated carbocycles. The second-order valence-electron chi connectivity index (χ2n) is 4.87. The molecule has 0 heterocycles. The van der Waals surface area contributed by atoms with Crippen LogP contribution in [0.5, 0.6) is 0 Å². The molecule has 0 spiro atoms. The zero-order chi connectivity index (χ0) is 11.3. The van der Waals surface area contributed by atoms with Crippen LogP contribution < -0.4 is 5.73 Å². The first-order valence-electron chi connectivity index (χ1n) is 6.06. The smallest absolute Gasteiger partial charge is 0.303 e. The average Bonchev–Trinajstić information content (AvgIpc) is 2.19. The monoisotopic (exact) mass is 213 g/mol. The van der Waals surface area contributed by atoms with Gasteiger partial charge in [0.1, 0.15) is 0 Å². The molecule has 0 amide bonds. The number of aliphatic carboxylic acids is 1. The summed E-state index contributed by atoms with van der Waals surface area (Å²) in [7, 11) is 0. The van der Waals surface area contributed by atoms with Gasteiger partial charge >= 0.3 is 5.97 Å². The van der Waals surface area contributed by atoms with Crippen molar-refractivity contribution >= 4 is 5.97 Å². The largest absolute Gasteiger partial charge is 0.481 e. The normalized spacial score (nSPS) is 29.9. The van der Waals surface area contributed by atoms with E-state index >= 15 is 0 Å². The minimum atomic E-state index is -0.694. The molecule has 2 atom stereocenters. The summed E-state index contributed by atoms with van der Waals surface area (Å²) in [5.41, 5.74) is 5.68. The first-order chi connectivity index (χ1) is 7.14. The summed E-state index contributed by atoms with van der Waals surface area (Å²) in [5.74, 6) is -0.134. The molecule has 3 N–H and O–H groups in total. The second-order valence-corrected chi connectivity index (χ2v) is 4.87. The summed E-state index contributed by atoms with van der Waals surface area (Å²) in [6.45, 7) is 2.73. The average molecular weight is 213 g/mol. The van der Waals surface area contributed by atoms with E-state index in [0.29, 0.717) is 12.5 Å². The number of unbranched alkanes of at least 4 members (excludes halogenated alkanes) is 2. The Morgan fingerprint density at radius 2 is 2.27 bits per heavy atom. The van der Waals surface area contributed by atoms with Crippen molar-refractivity contribution in [3.05, 3.63) is 0 Å². The molecule has 1 fully saturated rings. The zero-order valence-corrected chi connectivity index (χ0v) is 9.67. The summed E-state index contributed by atoms with van der Waals surface area (Å²) in [6, 6.07) is 0. The molecule has 3 nitrogen and oxygen atoms in total. The Labute approximate surface area is 92.0 Å². The number of hydrogen-bond acceptors (Lipinski definition) is 2. The third-order valence-corrected chi connectivity index (χ3v) is 3.92. The fraction of sp³-hybridized carbons (Fsp3) is 0.917. The highest BCUT2D eigenvalue weighted by Gasteiger charge is 2.46. The lowest BCUT2D eigenvalue weighted by Crippen LogP contribution is -2.47. The Morgan fingerprint density at radius 1 is 1.53 bits per heavy atom. The SMILES string of the molecule is CCCCCC1CC[C@@]1(CN)CC(=O)O. The van der Waals surface area contributed by atoms with Crippen molar-refractivity contribution in [2.75, 3.05) is 6.54 Å². The van der Waals surface area contributed by atoms with Crippen molar-refractivity contribution in [2.45, 2.75) is 51.9 Å². The van der Waals surface area contributed by atoms with Gasteiger partial charge in [0.2, 0.25) is 0 Å². The highest BCUT2D eigenvalue weighted by atomic mass is 16.4. The third kappa shape index (κ3) is 2.94. The second kappa shape index (κ2) is 5.50. The van der Waals surface area contributed by atoms with E-state index < -0.39 is 5.97 Å². The molecular weight excluding hydrogens is 190 g/mol. The van der Waals surface area contributed by atoms with E-state index in [9.17, 15) is 4.79 Å². The Bertz CT molecular complexity index is 214. The van der Waals surface area contributed by atoms with Crippen molar-refractivity contribution in [1.29, 1.82) is 0 Å². The topological polar surface area (TPSA) is 63.3 Å². The highest BCUT2D eigenvalue weighted by Crippen LogP contribution is 2.50. The number of nitrogens with two attached hydrogens (primary N) is 1. The zero-order valence-electron chi connectivity index (χ0n) is 9.67. The molecule has 0 saturated heterocycles. The van der Waals surface area contributed by atoms with Gasteiger partial charge in [-0.3, -0.25) is 4.79 Å². The van der Waals surface area contributed by atoms with E-state index in [1.807, 2.05) is 0 Å². The number of carboxylic acids is 1. The van der Waals surface area contributed by atoms with Crippen LogP contribution in [0.1, 0.15) is 51.9 Å². The highest BCUT2D eigenvalue weighted by molar-refractivity contribution is 5.68. The minimum absolute atomic E-state index is 0.0699. The van der Waals surface area contributed by atoms with E-state index in [0.717, 1.165) is 6.42 Å². The van der Waals surface area contributed by atoms with Crippen molar-refractivity contribution in [3.63, 3.8) is 0 Å². The summed E-state index contributed by atoms with van der Waals surface area (Å²) < 4.78 is 0. The van der Waals surface area contributed by atoms with Crippen LogP contribution in [0, 0.1) is 11.3 Å². The van der Waals surface area contributed by atoms with Crippen LogP contribution in [0.4, 0.5) is 0 Å². The number of hydrogen-bond donors (Lipinski definition) is 2. The van der Waals surface area contributed by atoms with Crippen LogP contribution >= 0.6 is 0 Å². The van der Waals surface area contributed by atoms with E-state index in [1.54, 1.807) is 0 Å². The fourth-order valence-electron chi connectivity index (χ4n) is 2.72. The van der Waals surface area contributed by atoms with Gasteiger partial charge in [-0.2, -0.15) is 0 Å². The first kappa shape index (κ1) is 12.5. The van der Waals surface area contributed by atoms with Crippen LogP contribution in [-0.4, -0.2) is 17.6 Å². The number of carboxylic acid groups (broad SMARTS) is 1. The van der Waals surface area contributed by atoms with Crippen LogP contribution in [-0.2, 0) is 4.79 Å². The maximum absolute atomic E-state index is 10.8. The van der Waals surface area contributed by atoms with Gasteiger partial charge in [-0.1, -0.05) is 26.2 Å². The van der Waals surface area contributed by atoms with Gasteiger partial charge in [-0.05, 0) is 37.1 Å². The molecule has 0 aromatic rings. The van der Waals surface area contributed by atoms with Gasteiger partial charge in [0.15, 0.2) is 0 Å². The van der Waals surface area contributed by atoms with Gasteiger partial charge in [0, 0.05) is 0 Å². The molecular formula is C12H23NO2. The maximum Gasteiger partial charge on any atom is 0.303 e. The lowest BCUT2D eigenvalue weighted by Gasteiger charge is -2.48. The number of carbonyl (C=O) groups is 1. The molecule has 3 heteroatoms.